The van der Waals surface area contributed by atoms with Crippen LogP contribution in [0.4, 0.5) is 0 Å². The summed E-state index contributed by atoms with van der Waals surface area (Å²) in [6.45, 7) is 5.44. The second-order valence-corrected chi connectivity index (χ2v) is 6.13. The largest absolute Gasteiger partial charge is 0.393 e. The number of hydrogen-bond donors (Lipinski definition) is 2. The monoisotopic (exact) mass is 254 g/mol. The Kier molecular flexibility index (Phi) is 4.28. The summed E-state index contributed by atoms with van der Waals surface area (Å²) in [5.74, 6) is 0.903. The minimum atomic E-state index is -0.311. The molecule has 1 saturated heterocycles. The smallest absolute Gasteiger partial charge is 0.226 e. The number of hydrogen-bond acceptors (Lipinski definition) is 3. The standard InChI is InChI=1S/C14H26N2O2/c1-9-12(4-3-5-13(9)15)14(18)16-7-6-11(8-16)10(2)17/h9-13,17H,3-8,15H2,1-2H3. The average Bonchev–Trinajstić information content (AvgIpc) is 2.81. The van der Waals surface area contributed by atoms with Gasteiger partial charge >= 0.3 is 0 Å². The molecule has 1 saturated carbocycles. The maximum atomic E-state index is 12.5. The molecule has 0 aromatic rings. The van der Waals surface area contributed by atoms with E-state index >= 15 is 0 Å². The fourth-order valence-electron chi connectivity index (χ4n) is 3.36. The highest BCUT2D eigenvalue weighted by atomic mass is 16.3. The molecule has 0 spiro atoms. The number of nitrogens with two attached hydrogens (primary N) is 1. The lowest BCUT2D eigenvalue weighted by molar-refractivity contribution is -0.137. The molecule has 1 amide bonds. The van der Waals surface area contributed by atoms with Crippen molar-refractivity contribution in [3.8, 4) is 0 Å². The van der Waals surface area contributed by atoms with E-state index in [2.05, 4.69) is 6.92 Å². The van der Waals surface area contributed by atoms with Crippen molar-refractivity contribution >= 4 is 5.91 Å². The Morgan fingerprint density at radius 1 is 1.39 bits per heavy atom. The van der Waals surface area contributed by atoms with E-state index in [0.717, 1.165) is 38.8 Å². The second kappa shape index (κ2) is 5.57. The zero-order chi connectivity index (χ0) is 13.3. The molecule has 0 aromatic carbocycles. The first-order valence-electron chi connectivity index (χ1n) is 7.23. The molecule has 5 unspecified atom stereocenters. The van der Waals surface area contributed by atoms with Crippen molar-refractivity contribution in [2.24, 2.45) is 23.5 Å². The quantitative estimate of drug-likeness (QED) is 0.772. The molecule has 2 fully saturated rings. The topological polar surface area (TPSA) is 66.6 Å². The highest BCUT2D eigenvalue weighted by Gasteiger charge is 2.38. The molecule has 0 radical (unpaired) electrons. The lowest BCUT2D eigenvalue weighted by Crippen LogP contribution is -2.45. The molecule has 3 N–H and O–H groups in total. The molecule has 18 heavy (non-hydrogen) atoms. The van der Waals surface area contributed by atoms with E-state index in [1.54, 1.807) is 0 Å². The van der Waals surface area contributed by atoms with Crippen molar-refractivity contribution in [3.63, 3.8) is 0 Å². The molecule has 0 aromatic heterocycles. The normalized spacial score (nSPS) is 38.8. The van der Waals surface area contributed by atoms with Gasteiger partial charge in [0, 0.05) is 31.0 Å². The first-order chi connectivity index (χ1) is 8.50. The summed E-state index contributed by atoms with van der Waals surface area (Å²) in [5.41, 5.74) is 6.07. The maximum absolute atomic E-state index is 12.5. The van der Waals surface area contributed by atoms with Crippen molar-refractivity contribution in [2.45, 2.75) is 51.7 Å². The Balaban J connectivity index is 1.95. The van der Waals surface area contributed by atoms with Crippen LogP contribution in [0, 0.1) is 17.8 Å². The molecule has 4 heteroatoms. The zero-order valence-electron chi connectivity index (χ0n) is 11.5. The third-order valence-corrected chi connectivity index (χ3v) is 4.90. The van der Waals surface area contributed by atoms with Crippen LogP contribution in [0.15, 0.2) is 0 Å². The van der Waals surface area contributed by atoms with Gasteiger partial charge in [-0.2, -0.15) is 0 Å². The lowest BCUT2D eigenvalue weighted by Gasteiger charge is -2.35. The van der Waals surface area contributed by atoms with E-state index in [4.69, 9.17) is 5.73 Å². The van der Waals surface area contributed by atoms with Crippen LogP contribution >= 0.6 is 0 Å². The van der Waals surface area contributed by atoms with E-state index in [0.29, 0.717) is 0 Å². The molecule has 2 rings (SSSR count). The zero-order valence-corrected chi connectivity index (χ0v) is 11.5. The molecule has 104 valence electrons. The van der Waals surface area contributed by atoms with Crippen LogP contribution in [0.25, 0.3) is 0 Å². The number of carbonyl (C=O) groups excluding carboxylic acids is 1. The van der Waals surface area contributed by atoms with Gasteiger partial charge in [-0.25, -0.2) is 0 Å². The number of aliphatic hydroxyl groups excluding tert-OH is 1. The van der Waals surface area contributed by atoms with Crippen LogP contribution in [-0.4, -0.2) is 41.1 Å². The number of carbonyl (C=O) groups is 1. The summed E-state index contributed by atoms with van der Waals surface area (Å²) in [7, 11) is 0. The van der Waals surface area contributed by atoms with Gasteiger partial charge in [-0.3, -0.25) is 4.79 Å². The van der Waals surface area contributed by atoms with Crippen LogP contribution in [0.5, 0.6) is 0 Å². The third kappa shape index (κ3) is 2.69. The van der Waals surface area contributed by atoms with E-state index in [-0.39, 0.29) is 35.8 Å². The first-order valence-corrected chi connectivity index (χ1v) is 7.23. The Morgan fingerprint density at radius 2 is 2.11 bits per heavy atom. The predicted molar refractivity (Wildman–Crippen MR) is 70.8 cm³/mol. The van der Waals surface area contributed by atoms with Gasteiger partial charge in [0.15, 0.2) is 0 Å². The minimum Gasteiger partial charge on any atom is -0.393 e. The van der Waals surface area contributed by atoms with Crippen LogP contribution in [0.3, 0.4) is 0 Å². The molecule has 1 heterocycles. The van der Waals surface area contributed by atoms with E-state index in [1.807, 2.05) is 11.8 Å². The number of rotatable bonds is 2. The van der Waals surface area contributed by atoms with Gasteiger partial charge in [-0.05, 0) is 32.1 Å². The van der Waals surface area contributed by atoms with E-state index in [9.17, 15) is 9.90 Å². The minimum absolute atomic E-state index is 0.0986. The third-order valence-electron chi connectivity index (χ3n) is 4.90. The summed E-state index contributed by atoms with van der Waals surface area (Å²) in [5, 5.41) is 9.60. The summed E-state index contributed by atoms with van der Waals surface area (Å²) in [6, 6.07) is 0.169. The summed E-state index contributed by atoms with van der Waals surface area (Å²) < 4.78 is 0. The van der Waals surface area contributed by atoms with Gasteiger partial charge in [-0.15, -0.1) is 0 Å². The van der Waals surface area contributed by atoms with Crippen LogP contribution < -0.4 is 5.73 Å². The summed E-state index contributed by atoms with van der Waals surface area (Å²) >= 11 is 0. The number of nitrogens with zero attached hydrogens (tertiary/aromatic N) is 1. The average molecular weight is 254 g/mol. The maximum Gasteiger partial charge on any atom is 0.226 e. The molecule has 0 bridgehead atoms. The van der Waals surface area contributed by atoms with Crippen molar-refractivity contribution in [2.75, 3.05) is 13.1 Å². The summed E-state index contributed by atoms with van der Waals surface area (Å²) in [6.07, 6.45) is 3.70. The Hall–Kier alpha value is -0.610. The molecule has 4 nitrogen and oxygen atoms in total. The second-order valence-electron chi connectivity index (χ2n) is 6.13. The van der Waals surface area contributed by atoms with Gasteiger partial charge in [-0.1, -0.05) is 13.3 Å². The molecule has 5 atom stereocenters. The van der Waals surface area contributed by atoms with Crippen molar-refractivity contribution < 1.29 is 9.90 Å². The highest BCUT2D eigenvalue weighted by molar-refractivity contribution is 5.79. The van der Waals surface area contributed by atoms with Crippen LogP contribution in [0.2, 0.25) is 0 Å². The fraction of sp³-hybridized carbons (Fsp3) is 0.929. The Labute approximate surface area is 110 Å². The Bertz CT molecular complexity index is 306. The van der Waals surface area contributed by atoms with Crippen molar-refractivity contribution in [3.05, 3.63) is 0 Å². The van der Waals surface area contributed by atoms with Gasteiger partial charge in [0.05, 0.1) is 6.10 Å². The summed E-state index contributed by atoms with van der Waals surface area (Å²) in [4.78, 5) is 14.5. The van der Waals surface area contributed by atoms with Crippen LogP contribution in [0.1, 0.15) is 39.5 Å². The fourth-order valence-corrected chi connectivity index (χ4v) is 3.36. The molecule has 1 aliphatic carbocycles. The highest BCUT2D eigenvalue weighted by Crippen LogP contribution is 2.32. The van der Waals surface area contributed by atoms with Gasteiger partial charge in [0.25, 0.3) is 0 Å². The van der Waals surface area contributed by atoms with E-state index in [1.165, 1.54) is 0 Å². The molecule has 1 aliphatic heterocycles. The van der Waals surface area contributed by atoms with Crippen molar-refractivity contribution in [1.29, 1.82) is 0 Å². The van der Waals surface area contributed by atoms with Crippen LogP contribution in [-0.2, 0) is 4.79 Å². The lowest BCUT2D eigenvalue weighted by atomic mass is 9.76. The first kappa shape index (κ1) is 13.8. The number of amides is 1. The number of aliphatic hydroxyl groups is 1. The van der Waals surface area contributed by atoms with Gasteiger partial charge < -0.3 is 15.7 Å². The number of likely N-dealkylation sites (tertiary alicyclic amines) is 1. The predicted octanol–water partition coefficient (Wildman–Crippen LogP) is 0.979. The van der Waals surface area contributed by atoms with Gasteiger partial charge in [0.1, 0.15) is 0 Å². The molecule has 2 aliphatic rings. The Morgan fingerprint density at radius 3 is 2.72 bits per heavy atom. The molecular weight excluding hydrogens is 228 g/mol. The molecular formula is C14H26N2O2. The van der Waals surface area contributed by atoms with E-state index < -0.39 is 0 Å². The van der Waals surface area contributed by atoms with Crippen molar-refractivity contribution in [1.82, 2.24) is 4.90 Å². The SMILES string of the molecule is CC(O)C1CCN(C(=O)C2CCCC(N)C2C)C1. The van der Waals surface area contributed by atoms with Gasteiger partial charge in [0.2, 0.25) is 5.91 Å².